The van der Waals surface area contributed by atoms with Crippen LogP contribution in [0.1, 0.15) is 26.2 Å². The van der Waals surface area contributed by atoms with Gasteiger partial charge in [0.1, 0.15) is 0 Å². The lowest BCUT2D eigenvalue weighted by atomic mass is 10.1. The van der Waals surface area contributed by atoms with Crippen molar-refractivity contribution in [3.63, 3.8) is 0 Å². The van der Waals surface area contributed by atoms with Crippen LogP contribution in [0.2, 0.25) is 0 Å². The Hall–Kier alpha value is -0.410. The van der Waals surface area contributed by atoms with E-state index in [0.29, 0.717) is 5.88 Å². The quantitative estimate of drug-likeness (QED) is 0.449. The molecule has 0 nitrogen and oxygen atoms in total. The second-order valence-corrected chi connectivity index (χ2v) is 3.16. The van der Waals surface area contributed by atoms with Gasteiger partial charge in [0.2, 0.25) is 0 Å². The Labute approximate surface area is 73.6 Å². The molecule has 0 unspecified atom stereocenters. The highest BCUT2D eigenvalue weighted by Gasteiger charge is 2.24. The van der Waals surface area contributed by atoms with Gasteiger partial charge in [0.05, 0.1) is 0 Å². The normalized spacial score (nSPS) is 17.5. The summed E-state index contributed by atoms with van der Waals surface area (Å²) in [6, 6.07) is 0. The molecular weight excluding hydrogens is 156 g/mol. The molecule has 0 radical (unpaired) electrons. The van der Waals surface area contributed by atoms with Crippen molar-refractivity contribution in [1.82, 2.24) is 0 Å². The van der Waals surface area contributed by atoms with E-state index >= 15 is 0 Å². The minimum absolute atomic E-state index is 0.710. The molecule has 1 rings (SSSR count). The zero-order valence-electron chi connectivity index (χ0n) is 6.86. The van der Waals surface area contributed by atoms with Crippen molar-refractivity contribution in [1.29, 1.82) is 0 Å². The smallest absolute Gasteiger partial charge is 0.0258 e. The van der Waals surface area contributed by atoms with Crippen molar-refractivity contribution in [3.8, 4) is 11.8 Å². The van der Waals surface area contributed by atoms with Gasteiger partial charge in [-0.1, -0.05) is 12.0 Å². The fraction of sp³-hybridized carbons (Fsp3) is 0.600. The van der Waals surface area contributed by atoms with E-state index in [0.717, 1.165) is 12.3 Å². The third-order valence-corrected chi connectivity index (χ3v) is 1.98. The van der Waals surface area contributed by atoms with E-state index in [4.69, 9.17) is 11.6 Å². The molecule has 1 aliphatic carbocycles. The number of allylic oxidation sites excluding steroid dienone is 2. The van der Waals surface area contributed by atoms with Gasteiger partial charge < -0.3 is 0 Å². The third-order valence-electron chi connectivity index (χ3n) is 1.76. The molecule has 0 saturated heterocycles. The minimum Gasteiger partial charge on any atom is -0.126 e. The van der Waals surface area contributed by atoms with Crippen LogP contribution in [0.5, 0.6) is 0 Å². The molecule has 0 heterocycles. The molecule has 0 aromatic carbocycles. The van der Waals surface area contributed by atoms with Gasteiger partial charge in [-0.3, -0.25) is 0 Å². The second-order valence-electron chi connectivity index (χ2n) is 2.79. The lowest BCUT2D eigenvalue weighted by Crippen LogP contribution is -1.82. The van der Waals surface area contributed by atoms with E-state index < -0.39 is 0 Å². The zero-order valence-corrected chi connectivity index (χ0v) is 7.62. The van der Waals surface area contributed by atoms with Gasteiger partial charge in [-0.05, 0) is 32.1 Å². The Morgan fingerprint density at radius 1 is 1.64 bits per heavy atom. The molecule has 1 aliphatic rings. The first-order valence-corrected chi connectivity index (χ1v) is 4.60. The lowest BCUT2D eigenvalue weighted by Gasteiger charge is -1.93. The van der Waals surface area contributed by atoms with Crippen molar-refractivity contribution < 1.29 is 0 Å². The van der Waals surface area contributed by atoms with E-state index in [1.54, 1.807) is 0 Å². The fourth-order valence-electron chi connectivity index (χ4n) is 1.07. The summed E-state index contributed by atoms with van der Waals surface area (Å²) >= 11 is 5.58. The van der Waals surface area contributed by atoms with Gasteiger partial charge in [-0.25, -0.2) is 0 Å². The predicted octanol–water partition coefficient (Wildman–Crippen LogP) is 2.98. The topological polar surface area (TPSA) is 0 Å². The van der Waals surface area contributed by atoms with Crippen LogP contribution in [-0.2, 0) is 0 Å². The van der Waals surface area contributed by atoms with Crippen molar-refractivity contribution in [3.05, 3.63) is 11.6 Å². The van der Waals surface area contributed by atoms with Crippen molar-refractivity contribution in [2.45, 2.75) is 26.2 Å². The number of hydrogen-bond acceptors (Lipinski definition) is 0. The van der Waals surface area contributed by atoms with E-state index in [2.05, 4.69) is 17.9 Å². The van der Waals surface area contributed by atoms with Crippen LogP contribution in [0.25, 0.3) is 0 Å². The Kier molecular flexibility index (Phi) is 3.52. The van der Waals surface area contributed by atoms with E-state index in [-0.39, 0.29) is 0 Å². The van der Waals surface area contributed by atoms with Crippen molar-refractivity contribution >= 4 is 11.6 Å². The highest BCUT2D eigenvalue weighted by atomic mass is 35.5. The van der Waals surface area contributed by atoms with Crippen molar-refractivity contribution in [2.24, 2.45) is 5.92 Å². The molecule has 0 atom stereocenters. The van der Waals surface area contributed by atoms with Crippen LogP contribution in [-0.4, -0.2) is 5.88 Å². The molecule has 1 heteroatoms. The maximum absolute atomic E-state index is 5.58. The number of rotatable bonds is 3. The fourth-order valence-corrected chi connectivity index (χ4v) is 1.18. The monoisotopic (exact) mass is 168 g/mol. The van der Waals surface area contributed by atoms with Crippen LogP contribution in [0.15, 0.2) is 11.6 Å². The maximum Gasteiger partial charge on any atom is 0.0258 e. The van der Waals surface area contributed by atoms with E-state index in [1.165, 1.54) is 18.4 Å². The number of alkyl halides is 1. The lowest BCUT2D eigenvalue weighted by molar-refractivity contribution is 1.04. The first-order chi connectivity index (χ1) is 5.38. The zero-order chi connectivity index (χ0) is 8.10. The highest BCUT2D eigenvalue weighted by molar-refractivity contribution is 6.17. The van der Waals surface area contributed by atoms with Crippen LogP contribution < -0.4 is 0 Å². The Bertz CT molecular complexity index is 201. The van der Waals surface area contributed by atoms with Crippen molar-refractivity contribution in [2.75, 3.05) is 5.88 Å². The minimum atomic E-state index is 0.710. The summed E-state index contributed by atoms with van der Waals surface area (Å²) in [5.41, 5.74) is 1.31. The predicted molar refractivity (Wildman–Crippen MR) is 49.6 cm³/mol. The Morgan fingerprint density at radius 2 is 2.36 bits per heavy atom. The molecule has 1 fully saturated rings. The van der Waals surface area contributed by atoms with Crippen LogP contribution >= 0.6 is 11.6 Å². The second kappa shape index (κ2) is 4.46. The van der Waals surface area contributed by atoms with Gasteiger partial charge >= 0.3 is 0 Å². The molecular formula is C10H13Cl. The number of halogens is 1. The summed E-state index contributed by atoms with van der Waals surface area (Å²) in [6.45, 7) is 1.89. The molecule has 1 saturated carbocycles. The van der Waals surface area contributed by atoms with Crippen LogP contribution in [0.4, 0.5) is 0 Å². The molecule has 0 N–H and O–H groups in total. The summed E-state index contributed by atoms with van der Waals surface area (Å²) < 4.78 is 0. The summed E-state index contributed by atoms with van der Waals surface area (Å²) in [6.07, 6.45) is 5.79. The highest BCUT2D eigenvalue weighted by Crippen LogP contribution is 2.36. The average Bonchev–Trinajstić information content (AvgIpc) is 2.80. The summed E-state index contributed by atoms with van der Waals surface area (Å²) in [7, 11) is 0. The van der Waals surface area contributed by atoms with Crippen LogP contribution in [0.3, 0.4) is 0 Å². The van der Waals surface area contributed by atoms with E-state index in [1.807, 2.05) is 6.92 Å². The molecule has 0 bridgehead atoms. The first-order valence-electron chi connectivity index (χ1n) is 4.07. The van der Waals surface area contributed by atoms with Gasteiger partial charge in [-0.15, -0.1) is 17.5 Å². The third kappa shape index (κ3) is 2.99. The molecule has 0 spiro atoms. The van der Waals surface area contributed by atoms with Gasteiger partial charge in [0.25, 0.3) is 0 Å². The Balaban J connectivity index is 2.48. The standard InChI is InChI=1S/C10H13Cl/c1-2-4-9(5-3-8-11)10-6-7-10/h5,10H,3,6-8H2,1H3/b9-5-. The summed E-state index contributed by atoms with van der Waals surface area (Å²) in [5.74, 6) is 7.55. The molecule has 0 aliphatic heterocycles. The molecule has 0 aromatic rings. The van der Waals surface area contributed by atoms with Gasteiger partial charge in [0, 0.05) is 11.5 Å². The Morgan fingerprint density at radius 3 is 2.82 bits per heavy atom. The molecule has 0 amide bonds. The molecule has 0 aromatic heterocycles. The SMILES string of the molecule is CC#C/C(=C/CCCl)C1CC1. The van der Waals surface area contributed by atoms with Gasteiger partial charge in [0.15, 0.2) is 0 Å². The summed E-state index contributed by atoms with van der Waals surface area (Å²) in [4.78, 5) is 0. The molecule has 60 valence electrons. The van der Waals surface area contributed by atoms with Gasteiger partial charge in [-0.2, -0.15) is 0 Å². The first kappa shape index (κ1) is 8.68. The van der Waals surface area contributed by atoms with E-state index in [9.17, 15) is 0 Å². The van der Waals surface area contributed by atoms with Crippen LogP contribution in [0, 0.1) is 17.8 Å². The largest absolute Gasteiger partial charge is 0.126 e. The number of hydrogen-bond donors (Lipinski definition) is 0. The summed E-state index contributed by atoms with van der Waals surface area (Å²) in [5, 5.41) is 0. The molecule has 11 heavy (non-hydrogen) atoms. The maximum atomic E-state index is 5.58. The average molecular weight is 169 g/mol.